The maximum atomic E-state index is 12.3. The molecule has 1 N–H and O–H groups in total. The highest BCUT2D eigenvalue weighted by molar-refractivity contribution is 14.1. The summed E-state index contributed by atoms with van der Waals surface area (Å²) in [7, 11) is 0. The number of aromatic nitrogens is 1. The van der Waals surface area contributed by atoms with E-state index in [1.807, 2.05) is 22.6 Å². The Morgan fingerprint density at radius 1 is 1.62 bits per heavy atom. The fourth-order valence-electron chi connectivity index (χ4n) is 0.856. The van der Waals surface area contributed by atoms with E-state index >= 15 is 0 Å². The van der Waals surface area contributed by atoms with E-state index in [1.54, 1.807) is 0 Å². The van der Waals surface area contributed by atoms with Crippen LogP contribution in [0.2, 0.25) is 5.02 Å². The SMILES string of the molecule is OCc1c(C(F)F)ncc(I)c1Cl. The van der Waals surface area contributed by atoms with Crippen LogP contribution < -0.4 is 0 Å². The summed E-state index contributed by atoms with van der Waals surface area (Å²) in [5.74, 6) is 0. The van der Waals surface area contributed by atoms with Crippen LogP contribution in [0.3, 0.4) is 0 Å². The molecule has 0 fully saturated rings. The normalized spacial score (nSPS) is 10.9. The number of hydrogen-bond donors (Lipinski definition) is 1. The molecule has 0 unspecified atom stereocenters. The van der Waals surface area contributed by atoms with Crippen molar-refractivity contribution in [2.24, 2.45) is 0 Å². The Kier molecular flexibility index (Phi) is 3.81. The van der Waals surface area contributed by atoms with Gasteiger partial charge in [0.25, 0.3) is 6.43 Å². The standard InChI is InChI=1S/C7H5ClF2INO/c8-5-3(2-13)6(7(9)10)12-1-4(5)11/h1,7,13H,2H2. The van der Waals surface area contributed by atoms with E-state index in [0.29, 0.717) is 3.57 Å². The molecule has 0 atom stereocenters. The van der Waals surface area contributed by atoms with Crippen LogP contribution in [0.1, 0.15) is 17.7 Å². The van der Waals surface area contributed by atoms with Crippen LogP contribution in [0, 0.1) is 3.57 Å². The Bertz CT molecular complexity index is 322. The molecule has 6 heteroatoms. The van der Waals surface area contributed by atoms with Gasteiger partial charge in [-0.1, -0.05) is 11.6 Å². The molecule has 13 heavy (non-hydrogen) atoms. The minimum atomic E-state index is -2.71. The molecule has 2 nitrogen and oxygen atoms in total. The van der Waals surface area contributed by atoms with Gasteiger partial charge in [0.15, 0.2) is 0 Å². The van der Waals surface area contributed by atoms with Gasteiger partial charge in [0.05, 0.1) is 15.2 Å². The lowest BCUT2D eigenvalue weighted by Crippen LogP contribution is -2.00. The van der Waals surface area contributed by atoms with Gasteiger partial charge >= 0.3 is 0 Å². The summed E-state index contributed by atoms with van der Waals surface area (Å²) in [6.07, 6.45) is -1.46. The van der Waals surface area contributed by atoms with Crippen molar-refractivity contribution in [1.82, 2.24) is 4.98 Å². The van der Waals surface area contributed by atoms with Gasteiger partial charge in [-0.15, -0.1) is 0 Å². The molecule has 0 amide bonds. The summed E-state index contributed by atoms with van der Waals surface area (Å²) < 4.78 is 25.1. The Morgan fingerprint density at radius 3 is 2.69 bits per heavy atom. The summed E-state index contributed by atoms with van der Waals surface area (Å²) >= 11 is 7.56. The highest BCUT2D eigenvalue weighted by atomic mass is 127. The van der Waals surface area contributed by atoms with Gasteiger partial charge in [-0.2, -0.15) is 0 Å². The lowest BCUT2D eigenvalue weighted by Gasteiger charge is -2.08. The molecular formula is C7H5ClF2INO. The third-order valence-corrected chi connectivity index (χ3v) is 3.03. The summed E-state index contributed by atoms with van der Waals surface area (Å²) in [5, 5.41) is 8.96. The Hall–Kier alpha value is -0.0100. The topological polar surface area (TPSA) is 33.1 Å². The number of aliphatic hydroxyl groups excluding tert-OH is 1. The number of rotatable bonds is 2. The summed E-state index contributed by atoms with van der Waals surface area (Å²) in [4.78, 5) is 3.51. The Morgan fingerprint density at radius 2 is 2.23 bits per heavy atom. The third-order valence-electron chi connectivity index (χ3n) is 1.47. The summed E-state index contributed by atoms with van der Waals surface area (Å²) in [6.45, 7) is -0.525. The lowest BCUT2D eigenvalue weighted by atomic mass is 10.2. The minimum Gasteiger partial charge on any atom is -0.392 e. The van der Waals surface area contributed by atoms with E-state index in [2.05, 4.69) is 4.98 Å². The molecule has 72 valence electrons. The molecular weight excluding hydrogens is 314 g/mol. The van der Waals surface area contributed by atoms with Gasteiger partial charge in [-0.05, 0) is 22.6 Å². The second-order valence-electron chi connectivity index (χ2n) is 2.24. The zero-order valence-corrected chi connectivity index (χ0v) is 9.18. The van der Waals surface area contributed by atoms with Crippen molar-refractivity contribution in [2.75, 3.05) is 0 Å². The molecule has 1 heterocycles. The van der Waals surface area contributed by atoms with Crippen LogP contribution in [0.5, 0.6) is 0 Å². The molecule has 0 aliphatic carbocycles. The second-order valence-corrected chi connectivity index (χ2v) is 3.78. The monoisotopic (exact) mass is 319 g/mol. The van der Waals surface area contributed by atoms with Crippen molar-refractivity contribution in [2.45, 2.75) is 13.0 Å². The average Bonchev–Trinajstić information content (AvgIpc) is 2.09. The zero-order chi connectivity index (χ0) is 10.0. The number of aliphatic hydroxyl groups is 1. The molecule has 0 saturated heterocycles. The quantitative estimate of drug-likeness (QED) is 0.850. The largest absolute Gasteiger partial charge is 0.392 e. The van der Waals surface area contributed by atoms with Crippen LogP contribution in [0.4, 0.5) is 8.78 Å². The van der Waals surface area contributed by atoms with Crippen molar-refractivity contribution in [3.05, 3.63) is 26.0 Å². The molecule has 1 aromatic rings. The minimum absolute atomic E-state index is 0.00330. The highest BCUT2D eigenvalue weighted by Gasteiger charge is 2.18. The lowest BCUT2D eigenvalue weighted by molar-refractivity contribution is 0.141. The number of nitrogens with zero attached hydrogens (tertiary/aromatic N) is 1. The molecule has 0 bridgehead atoms. The van der Waals surface area contributed by atoms with Crippen molar-refractivity contribution < 1.29 is 13.9 Å². The first-order chi connectivity index (χ1) is 6.07. The summed E-state index contributed by atoms with van der Waals surface area (Å²) in [6, 6.07) is 0. The van der Waals surface area contributed by atoms with Crippen LogP contribution in [-0.2, 0) is 6.61 Å². The number of pyridine rings is 1. The molecule has 0 saturated carbocycles. The van der Waals surface area contributed by atoms with Gasteiger partial charge in [0.2, 0.25) is 0 Å². The number of alkyl halides is 2. The van der Waals surface area contributed by atoms with Gasteiger partial charge in [-0.3, -0.25) is 4.98 Å². The summed E-state index contributed by atoms with van der Waals surface area (Å²) in [5.41, 5.74) is -0.448. The van der Waals surface area contributed by atoms with E-state index in [4.69, 9.17) is 16.7 Å². The molecule has 0 aromatic carbocycles. The highest BCUT2D eigenvalue weighted by Crippen LogP contribution is 2.29. The van der Waals surface area contributed by atoms with Crippen LogP contribution >= 0.6 is 34.2 Å². The average molecular weight is 319 g/mol. The Labute approximate surface area is 92.1 Å². The van der Waals surface area contributed by atoms with Gasteiger partial charge in [-0.25, -0.2) is 8.78 Å². The maximum Gasteiger partial charge on any atom is 0.280 e. The molecule has 0 aliphatic rings. The number of hydrogen-bond acceptors (Lipinski definition) is 2. The van der Waals surface area contributed by atoms with E-state index in [9.17, 15) is 8.78 Å². The smallest absolute Gasteiger partial charge is 0.280 e. The molecule has 0 radical (unpaired) electrons. The second kappa shape index (κ2) is 4.47. The van der Waals surface area contributed by atoms with Crippen molar-refractivity contribution in [1.29, 1.82) is 0 Å². The van der Waals surface area contributed by atoms with Crippen molar-refractivity contribution >= 4 is 34.2 Å². The molecule has 1 rings (SSSR count). The predicted octanol–water partition coefficient (Wildman–Crippen LogP) is 2.77. The molecule has 0 aliphatic heterocycles. The van der Waals surface area contributed by atoms with E-state index < -0.39 is 18.7 Å². The maximum absolute atomic E-state index is 12.3. The zero-order valence-electron chi connectivity index (χ0n) is 6.27. The fourth-order valence-corrected chi connectivity index (χ4v) is 1.53. The van der Waals surface area contributed by atoms with Crippen LogP contribution in [0.15, 0.2) is 6.20 Å². The number of halogens is 4. The van der Waals surface area contributed by atoms with Crippen molar-refractivity contribution in [3.8, 4) is 0 Å². The van der Waals surface area contributed by atoms with Crippen molar-refractivity contribution in [3.63, 3.8) is 0 Å². The molecule has 0 spiro atoms. The van der Waals surface area contributed by atoms with E-state index in [-0.39, 0.29) is 10.6 Å². The van der Waals surface area contributed by atoms with Crippen LogP contribution in [-0.4, -0.2) is 10.1 Å². The van der Waals surface area contributed by atoms with E-state index in [0.717, 1.165) is 0 Å². The van der Waals surface area contributed by atoms with Gasteiger partial charge < -0.3 is 5.11 Å². The van der Waals surface area contributed by atoms with Gasteiger partial charge in [0.1, 0.15) is 5.69 Å². The first-order valence-corrected chi connectivity index (χ1v) is 4.75. The van der Waals surface area contributed by atoms with E-state index in [1.165, 1.54) is 6.20 Å². The first kappa shape index (κ1) is 11.1. The van der Waals surface area contributed by atoms with Crippen LogP contribution in [0.25, 0.3) is 0 Å². The molecule has 1 aromatic heterocycles. The predicted molar refractivity (Wildman–Crippen MR) is 52.8 cm³/mol. The van der Waals surface area contributed by atoms with Gasteiger partial charge in [0, 0.05) is 11.8 Å². The first-order valence-electron chi connectivity index (χ1n) is 3.29. The Balaban J connectivity index is 3.30. The fraction of sp³-hybridized carbons (Fsp3) is 0.286. The third kappa shape index (κ3) is 2.26.